The van der Waals surface area contributed by atoms with E-state index in [0.717, 1.165) is 11.3 Å². The minimum Gasteiger partial charge on any atom is -0.492 e. The molecule has 2 heterocycles. The van der Waals surface area contributed by atoms with Crippen molar-refractivity contribution in [3.8, 4) is 11.5 Å². The Bertz CT molecular complexity index is 1400. The van der Waals surface area contributed by atoms with E-state index >= 15 is 0 Å². The number of amides is 4. The first-order valence-electron chi connectivity index (χ1n) is 12.9. The largest absolute Gasteiger partial charge is 0.492 e. The fourth-order valence-corrected chi connectivity index (χ4v) is 4.67. The summed E-state index contributed by atoms with van der Waals surface area (Å²) in [5.41, 5.74) is 2.97. The van der Waals surface area contributed by atoms with E-state index < -0.39 is 6.10 Å². The van der Waals surface area contributed by atoms with Crippen LogP contribution in [0.1, 0.15) is 46.0 Å². The van der Waals surface area contributed by atoms with Gasteiger partial charge in [-0.05, 0) is 62.7 Å². The maximum atomic E-state index is 12.9. The van der Waals surface area contributed by atoms with Gasteiger partial charge in [-0.25, -0.2) is 0 Å². The molecule has 0 saturated heterocycles. The minimum absolute atomic E-state index is 0.116. The van der Waals surface area contributed by atoms with E-state index in [0.29, 0.717) is 41.2 Å². The zero-order valence-corrected chi connectivity index (χ0v) is 21.8. The van der Waals surface area contributed by atoms with Gasteiger partial charge in [-0.15, -0.1) is 0 Å². The molecule has 4 amide bonds. The van der Waals surface area contributed by atoms with Gasteiger partial charge in [0.2, 0.25) is 5.91 Å². The molecular weight excluding hydrogens is 498 g/mol. The second-order valence-electron chi connectivity index (χ2n) is 9.55. The van der Waals surface area contributed by atoms with Gasteiger partial charge < -0.3 is 19.7 Å². The summed E-state index contributed by atoms with van der Waals surface area (Å²) < 4.78 is 11.6. The number of imide groups is 1. The lowest BCUT2D eigenvalue weighted by Gasteiger charge is -2.33. The predicted molar refractivity (Wildman–Crippen MR) is 145 cm³/mol. The molecule has 1 atom stereocenters. The van der Waals surface area contributed by atoms with Gasteiger partial charge in [0.15, 0.2) is 6.10 Å². The van der Waals surface area contributed by atoms with E-state index in [1.54, 1.807) is 54.3 Å². The zero-order valence-electron chi connectivity index (χ0n) is 21.8. The molecule has 9 heteroatoms. The summed E-state index contributed by atoms with van der Waals surface area (Å²) >= 11 is 0. The van der Waals surface area contributed by atoms with E-state index in [1.165, 1.54) is 4.90 Å². The molecule has 0 fully saturated rings. The van der Waals surface area contributed by atoms with Gasteiger partial charge in [0.1, 0.15) is 18.1 Å². The lowest BCUT2D eigenvalue weighted by Crippen LogP contribution is -2.46. The second-order valence-corrected chi connectivity index (χ2v) is 9.55. The summed E-state index contributed by atoms with van der Waals surface area (Å²) in [7, 11) is 0. The van der Waals surface area contributed by atoms with Crippen LogP contribution in [0.15, 0.2) is 66.7 Å². The normalized spacial score (nSPS) is 16.1. The smallest absolute Gasteiger partial charge is 0.267 e. The third-order valence-electron chi connectivity index (χ3n) is 6.72. The summed E-state index contributed by atoms with van der Waals surface area (Å²) in [5.74, 6) is 0.126. The molecule has 1 unspecified atom stereocenters. The Morgan fingerprint density at radius 1 is 0.923 bits per heavy atom. The van der Waals surface area contributed by atoms with Crippen molar-refractivity contribution in [3.05, 3.63) is 83.4 Å². The standard InChI is InChI=1S/C30H29N3O6/c1-19-9-12-22(13-10-19)38-17-16-32-25-18-21(11-14-26(25)39-20(2)28(32)35)31-27(34)8-5-15-33-29(36)23-6-3-4-7-24(23)30(33)37/h3-4,6-7,9-14,18,20H,5,8,15-17H2,1-2H3,(H,31,34). The Morgan fingerprint density at radius 3 is 2.31 bits per heavy atom. The van der Waals surface area contributed by atoms with Crippen molar-refractivity contribution < 1.29 is 28.7 Å². The molecule has 2 aliphatic heterocycles. The average molecular weight is 528 g/mol. The van der Waals surface area contributed by atoms with Gasteiger partial charge >= 0.3 is 0 Å². The van der Waals surface area contributed by atoms with Crippen molar-refractivity contribution in [2.45, 2.75) is 32.8 Å². The van der Waals surface area contributed by atoms with Crippen molar-refractivity contribution in [1.82, 2.24) is 4.90 Å². The number of benzene rings is 3. The molecule has 0 radical (unpaired) electrons. The molecule has 0 bridgehead atoms. The van der Waals surface area contributed by atoms with Crippen LogP contribution in [0.4, 0.5) is 11.4 Å². The lowest BCUT2D eigenvalue weighted by molar-refractivity contribution is -0.125. The summed E-state index contributed by atoms with van der Waals surface area (Å²) in [4.78, 5) is 53.4. The minimum atomic E-state index is -0.639. The number of carbonyl (C=O) groups is 4. The van der Waals surface area contributed by atoms with Gasteiger partial charge in [0, 0.05) is 18.7 Å². The fourth-order valence-electron chi connectivity index (χ4n) is 4.67. The van der Waals surface area contributed by atoms with Crippen LogP contribution in [0.2, 0.25) is 0 Å². The Balaban J connectivity index is 1.18. The predicted octanol–water partition coefficient (Wildman–Crippen LogP) is 4.20. The first kappa shape index (κ1) is 26.0. The number of anilines is 2. The number of aryl methyl sites for hydroxylation is 1. The quantitative estimate of drug-likeness (QED) is 0.418. The van der Waals surface area contributed by atoms with Crippen molar-refractivity contribution in [2.75, 3.05) is 29.9 Å². The highest BCUT2D eigenvalue weighted by atomic mass is 16.5. The van der Waals surface area contributed by atoms with E-state index in [1.807, 2.05) is 31.2 Å². The molecule has 0 spiro atoms. The molecule has 1 N–H and O–H groups in total. The zero-order chi connectivity index (χ0) is 27.5. The van der Waals surface area contributed by atoms with Gasteiger partial charge in [0.25, 0.3) is 17.7 Å². The fraction of sp³-hybridized carbons (Fsp3) is 0.267. The summed E-state index contributed by atoms with van der Waals surface area (Å²) in [6.07, 6.45) is -0.200. The van der Waals surface area contributed by atoms with Crippen molar-refractivity contribution >= 4 is 35.0 Å². The summed E-state index contributed by atoms with van der Waals surface area (Å²) in [6, 6.07) is 19.5. The monoisotopic (exact) mass is 527 g/mol. The number of nitrogens with one attached hydrogen (secondary N) is 1. The Labute approximate surface area is 226 Å². The lowest BCUT2D eigenvalue weighted by atomic mass is 10.1. The highest BCUT2D eigenvalue weighted by Crippen LogP contribution is 2.36. The first-order valence-corrected chi connectivity index (χ1v) is 12.9. The highest BCUT2D eigenvalue weighted by molar-refractivity contribution is 6.21. The molecule has 39 heavy (non-hydrogen) atoms. The average Bonchev–Trinajstić information content (AvgIpc) is 3.17. The molecular formula is C30H29N3O6. The van der Waals surface area contributed by atoms with E-state index in [4.69, 9.17) is 9.47 Å². The number of hydrogen-bond donors (Lipinski definition) is 1. The molecule has 0 aromatic heterocycles. The molecule has 3 aromatic carbocycles. The number of nitrogens with zero attached hydrogens (tertiary/aromatic N) is 2. The van der Waals surface area contributed by atoms with Crippen LogP contribution < -0.4 is 19.7 Å². The van der Waals surface area contributed by atoms with Crippen LogP contribution in [0.5, 0.6) is 11.5 Å². The van der Waals surface area contributed by atoms with Crippen LogP contribution in [0, 0.1) is 6.92 Å². The van der Waals surface area contributed by atoms with E-state index in [2.05, 4.69) is 5.32 Å². The van der Waals surface area contributed by atoms with Gasteiger partial charge in [-0.1, -0.05) is 29.8 Å². The molecule has 3 aromatic rings. The molecule has 200 valence electrons. The maximum Gasteiger partial charge on any atom is 0.267 e. The molecule has 9 nitrogen and oxygen atoms in total. The Hall–Kier alpha value is -4.66. The van der Waals surface area contributed by atoms with E-state index in [9.17, 15) is 19.2 Å². The van der Waals surface area contributed by atoms with Crippen LogP contribution in [-0.2, 0) is 9.59 Å². The van der Waals surface area contributed by atoms with Crippen LogP contribution >= 0.6 is 0 Å². The third-order valence-corrected chi connectivity index (χ3v) is 6.72. The number of carbonyl (C=O) groups excluding carboxylic acids is 4. The molecule has 5 rings (SSSR count). The number of hydrogen-bond acceptors (Lipinski definition) is 6. The van der Waals surface area contributed by atoms with Crippen LogP contribution in [0.25, 0.3) is 0 Å². The van der Waals surface area contributed by atoms with Crippen LogP contribution in [0.3, 0.4) is 0 Å². The van der Waals surface area contributed by atoms with Crippen molar-refractivity contribution in [1.29, 1.82) is 0 Å². The van der Waals surface area contributed by atoms with Crippen molar-refractivity contribution in [3.63, 3.8) is 0 Å². The number of ether oxygens (including phenoxy) is 2. The van der Waals surface area contributed by atoms with Gasteiger partial charge in [0.05, 0.1) is 23.4 Å². The molecule has 2 aliphatic rings. The Kier molecular flexibility index (Phi) is 7.31. The summed E-state index contributed by atoms with van der Waals surface area (Å²) in [6.45, 7) is 4.45. The van der Waals surface area contributed by atoms with Gasteiger partial charge in [-0.3, -0.25) is 24.1 Å². The Morgan fingerprint density at radius 2 is 1.62 bits per heavy atom. The summed E-state index contributed by atoms with van der Waals surface area (Å²) in [5, 5.41) is 2.84. The van der Waals surface area contributed by atoms with Crippen molar-refractivity contribution in [2.24, 2.45) is 0 Å². The molecule has 0 saturated carbocycles. The third kappa shape index (κ3) is 5.47. The SMILES string of the molecule is Cc1ccc(OCCN2C(=O)C(C)Oc3ccc(NC(=O)CCCN4C(=O)c5ccccc5C4=O)cc32)cc1. The first-order chi connectivity index (χ1) is 18.8. The number of fused-ring (bicyclic) bond motifs is 2. The van der Waals surface area contributed by atoms with Crippen LogP contribution in [-0.4, -0.2) is 54.3 Å². The molecule has 0 aliphatic carbocycles. The highest BCUT2D eigenvalue weighted by Gasteiger charge is 2.35. The maximum absolute atomic E-state index is 12.9. The number of rotatable bonds is 9. The topological polar surface area (TPSA) is 105 Å². The van der Waals surface area contributed by atoms with E-state index in [-0.39, 0.29) is 43.2 Å². The van der Waals surface area contributed by atoms with Gasteiger partial charge in [-0.2, -0.15) is 0 Å². The second kappa shape index (κ2) is 11.0.